The zero-order chi connectivity index (χ0) is 20.1. The van der Waals surface area contributed by atoms with E-state index in [9.17, 15) is 9.59 Å². The van der Waals surface area contributed by atoms with Crippen molar-refractivity contribution in [3.63, 3.8) is 0 Å². The molecule has 3 aromatic rings. The molecule has 4 nitrogen and oxygen atoms in total. The summed E-state index contributed by atoms with van der Waals surface area (Å²) in [5.74, 6) is -0.867. The van der Waals surface area contributed by atoms with Gasteiger partial charge in [-0.3, -0.25) is 4.79 Å². The normalized spacial score (nSPS) is 11.3. The number of thiophene rings is 2. The summed E-state index contributed by atoms with van der Waals surface area (Å²) in [5.41, 5.74) is 4.31. The van der Waals surface area contributed by atoms with Crippen molar-refractivity contribution in [3.05, 3.63) is 73.6 Å². The van der Waals surface area contributed by atoms with E-state index < -0.39 is 5.97 Å². The fourth-order valence-corrected chi connectivity index (χ4v) is 4.33. The van der Waals surface area contributed by atoms with E-state index in [0.29, 0.717) is 5.57 Å². The van der Waals surface area contributed by atoms with Crippen LogP contribution in [-0.2, 0) is 14.3 Å². The molecule has 0 saturated carbocycles. The first-order valence-corrected chi connectivity index (χ1v) is 10.5. The highest BCUT2D eigenvalue weighted by molar-refractivity contribution is 7.12. The number of anilines is 1. The minimum atomic E-state index is -0.511. The molecule has 0 unspecified atom stereocenters. The maximum Gasteiger partial charge on any atom is 0.340 e. The molecule has 0 aliphatic carbocycles. The lowest BCUT2D eigenvalue weighted by atomic mass is 10.1. The average molecular weight is 412 g/mol. The number of hydrogen-bond donors (Lipinski definition) is 1. The Bertz CT molecular complexity index is 980. The van der Waals surface area contributed by atoms with Crippen molar-refractivity contribution in [1.82, 2.24) is 0 Å². The topological polar surface area (TPSA) is 55.4 Å². The Morgan fingerprint density at radius 3 is 2.32 bits per heavy atom. The molecule has 0 spiro atoms. The third-order valence-electron chi connectivity index (χ3n) is 4.11. The smallest absolute Gasteiger partial charge is 0.340 e. The van der Waals surface area contributed by atoms with Crippen LogP contribution >= 0.6 is 22.7 Å². The molecule has 0 atom stereocenters. The molecule has 0 aliphatic heterocycles. The number of esters is 1. The highest BCUT2D eigenvalue weighted by Crippen LogP contribution is 2.26. The van der Waals surface area contributed by atoms with Crippen molar-refractivity contribution < 1.29 is 14.3 Å². The first-order valence-electron chi connectivity index (χ1n) is 8.78. The van der Waals surface area contributed by atoms with Gasteiger partial charge in [0.15, 0.2) is 6.61 Å². The summed E-state index contributed by atoms with van der Waals surface area (Å²) in [6, 6.07) is 11.6. The number of aryl methyl sites for hydroxylation is 3. The van der Waals surface area contributed by atoms with E-state index in [1.54, 1.807) is 6.08 Å². The molecule has 6 heteroatoms. The molecule has 0 saturated heterocycles. The summed E-state index contributed by atoms with van der Waals surface area (Å²) < 4.78 is 5.31. The monoisotopic (exact) mass is 411 g/mol. The van der Waals surface area contributed by atoms with Gasteiger partial charge in [-0.25, -0.2) is 4.79 Å². The van der Waals surface area contributed by atoms with Crippen molar-refractivity contribution in [3.8, 4) is 0 Å². The van der Waals surface area contributed by atoms with Crippen LogP contribution in [0.15, 0.2) is 47.2 Å². The molecular formula is C22H21NO3S2. The lowest BCUT2D eigenvalue weighted by Crippen LogP contribution is -2.22. The third-order valence-corrected chi connectivity index (χ3v) is 5.83. The number of ether oxygens (including phenoxy) is 1. The minimum absolute atomic E-state index is 0.335. The first kappa shape index (κ1) is 20.0. The number of hydrogen-bond acceptors (Lipinski definition) is 5. The number of rotatable bonds is 6. The van der Waals surface area contributed by atoms with Crippen LogP contribution in [0, 0.1) is 20.8 Å². The van der Waals surface area contributed by atoms with Gasteiger partial charge in [-0.2, -0.15) is 0 Å². The zero-order valence-electron chi connectivity index (χ0n) is 15.9. The molecule has 28 heavy (non-hydrogen) atoms. The Kier molecular flexibility index (Phi) is 6.44. The van der Waals surface area contributed by atoms with Gasteiger partial charge < -0.3 is 10.1 Å². The summed E-state index contributed by atoms with van der Waals surface area (Å²) in [4.78, 5) is 26.7. The molecule has 1 amide bonds. The molecular weight excluding hydrogens is 390 g/mol. The lowest BCUT2D eigenvalue weighted by Gasteiger charge is -2.13. The Morgan fingerprint density at radius 1 is 1.04 bits per heavy atom. The minimum Gasteiger partial charge on any atom is -0.452 e. The van der Waals surface area contributed by atoms with Gasteiger partial charge in [0.25, 0.3) is 5.91 Å². The highest BCUT2D eigenvalue weighted by Gasteiger charge is 2.17. The van der Waals surface area contributed by atoms with Gasteiger partial charge in [0.05, 0.1) is 5.57 Å². The summed E-state index contributed by atoms with van der Waals surface area (Å²) >= 11 is 3.00. The van der Waals surface area contributed by atoms with Crippen LogP contribution < -0.4 is 5.32 Å². The van der Waals surface area contributed by atoms with Crippen LogP contribution in [0.1, 0.15) is 26.4 Å². The van der Waals surface area contributed by atoms with Crippen LogP contribution in [0.25, 0.3) is 11.6 Å². The van der Waals surface area contributed by atoms with Gasteiger partial charge in [-0.15, -0.1) is 22.7 Å². The van der Waals surface area contributed by atoms with Gasteiger partial charge in [-0.1, -0.05) is 29.8 Å². The summed E-state index contributed by atoms with van der Waals surface area (Å²) in [6.45, 7) is 5.57. The molecule has 2 aromatic heterocycles. The SMILES string of the molecule is Cc1cc(C)c(NC(=O)COC(=O)/C(=C/c2cccs2)c2cccs2)c(C)c1. The van der Waals surface area contributed by atoms with Crippen molar-refractivity contribution in [2.24, 2.45) is 0 Å². The van der Waals surface area contributed by atoms with Crippen LogP contribution in [-0.4, -0.2) is 18.5 Å². The molecule has 0 fully saturated rings. The number of nitrogens with one attached hydrogen (secondary N) is 1. The summed E-state index contributed by atoms with van der Waals surface area (Å²) in [7, 11) is 0. The van der Waals surface area contributed by atoms with Crippen LogP contribution in [0.2, 0.25) is 0 Å². The second kappa shape index (κ2) is 8.99. The second-order valence-corrected chi connectivity index (χ2v) is 8.38. The molecule has 3 rings (SSSR count). The Hall–Kier alpha value is -2.70. The number of benzene rings is 1. The van der Waals surface area contributed by atoms with Crippen LogP contribution in [0.3, 0.4) is 0 Å². The number of carbonyl (C=O) groups is 2. The van der Waals surface area contributed by atoms with E-state index in [2.05, 4.69) is 5.32 Å². The van der Waals surface area contributed by atoms with Gasteiger partial charge in [0, 0.05) is 15.4 Å². The van der Waals surface area contributed by atoms with Crippen LogP contribution in [0.5, 0.6) is 0 Å². The van der Waals surface area contributed by atoms with Gasteiger partial charge in [-0.05, 0) is 60.9 Å². The molecule has 0 radical (unpaired) electrons. The van der Waals surface area contributed by atoms with E-state index in [0.717, 1.165) is 32.1 Å². The predicted molar refractivity (Wildman–Crippen MR) is 117 cm³/mol. The zero-order valence-corrected chi connectivity index (χ0v) is 17.6. The quantitative estimate of drug-likeness (QED) is 0.433. The molecule has 0 bridgehead atoms. The molecule has 0 aliphatic rings. The van der Waals surface area contributed by atoms with Crippen molar-refractivity contribution in [2.75, 3.05) is 11.9 Å². The number of amides is 1. The van der Waals surface area contributed by atoms with Crippen molar-refractivity contribution >= 4 is 51.9 Å². The van der Waals surface area contributed by atoms with E-state index >= 15 is 0 Å². The first-order chi connectivity index (χ1) is 13.4. The maximum absolute atomic E-state index is 12.6. The molecule has 1 aromatic carbocycles. The fourth-order valence-electron chi connectivity index (χ4n) is 2.94. The second-order valence-electron chi connectivity index (χ2n) is 6.45. The molecule has 2 heterocycles. The van der Waals surface area contributed by atoms with Crippen molar-refractivity contribution in [2.45, 2.75) is 20.8 Å². The predicted octanol–water partition coefficient (Wildman–Crippen LogP) is 5.46. The van der Waals surface area contributed by atoms with Crippen LogP contribution in [0.4, 0.5) is 5.69 Å². The van der Waals surface area contributed by atoms with E-state index in [-0.39, 0.29) is 12.5 Å². The standard InChI is InChI=1S/C22H21NO3S2/c1-14-10-15(2)21(16(3)11-14)23-20(24)13-26-22(25)18(19-7-5-9-28-19)12-17-6-4-8-27-17/h4-12H,13H2,1-3H3,(H,23,24)/b18-12+. The number of carbonyl (C=O) groups excluding carboxylic acids is 2. The van der Waals surface area contributed by atoms with Crippen molar-refractivity contribution in [1.29, 1.82) is 0 Å². The van der Waals surface area contributed by atoms with E-state index in [1.165, 1.54) is 22.7 Å². The largest absolute Gasteiger partial charge is 0.452 e. The summed E-state index contributed by atoms with van der Waals surface area (Å²) in [6.07, 6.45) is 1.80. The van der Waals surface area contributed by atoms with Gasteiger partial charge in [0.1, 0.15) is 0 Å². The molecule has 144 valence electrons. The van der Waals surface area contributed by atoms with Gasteiger partial charge in [0.2, 0.25) is 0 Å². The fraction of sp³-hybridized carbons (Fsp3) is 0.182. The third kappa shape index (κ3) is 4.97. The van der Waals surface area contributed by atoms with E-state index in [4.69, 9.17) is 4.74 Å². The van der Waals surface area contributed by atoms with Gasteiger partial charge >= 0.3 is 5.97 Å². The summed E-state index contributed by atoms with van der Waals surface area (Å²) in [5, 5.41) is 6.70. The Morgan fingerprint density at radius 2 is 1.71 bits per heavy atom. The lowest BCUT2D eigenvalue weighted by molar-refractivity contribution is -0.141. The maximum atomic E-state index is 12.6. The Balaban J connectivity index is 1.69. The van der Waals surface area contributed by atoms with E-state index in [1.807, 2.05) is 67.9 Å². The average Bonchev–Trinajstić information content (AvgIpc) is 3.34. The molecule has 1 N–H and O–H groups in total. The highest BCUT2D eigenvalue weighted by atomic mass is 32.1. The Labute approximate surface area is 172 Å².